The van der Waals surface area contributed by atoms with Crippen molar-refractivity contribution >= 4 is 23.2 Å². The summed E-state index contributed by atoms with van der Waals surface area (Å²) in [5, 5.41) is 0. The number of carbonyl (C=O) groups excluding carboxylic acids is 2. The molecule has 2 aliphatic rings. The van der Waals surface area contributed by atoms with E-state index in [2.05, 4.69) is 4.98 Å². The minimum Gasteiger partial charge on any atom is -0.357 e. The lowest BCUT2D eigenvalue weighted by Gasteiger charge is -2.37. The second-order valence-electron chi connectivity index (χ2n) is 5.46. The van der Waals surface area contributed by atoms with Crippen molar-refractivity contribution in [2.24, 2.45) is 0 Å². The molecule has 0 aliphatic carbocycles. The van der Waals surface area contributed by atoms with Gasteiger partial charge in [-0.25, -0.2) is 4.98 Å². The van der Waals surface area contributed by atoms with Gasteiger partial charge in [-0.1, -0.05) is 18.2 Å². The summed E-state index contributed by atoms with van der Waals surface area (Å²) >= 11 is 0. The van der Waals surface area contributed by atoms with Gasteiger partial charge < -0.3 is 4.74 Å². The number of anilines is 2. The van der Waals surface area contributed by atoms with Crippen molar-refractivity contribution in [3.63, 3.8) is 0 Å². The van der Waals surface area contributed by atoms with Gasteiger partial charge in [-0.05, 0) is 37.1 Å². The second kappa shape index (κ2) is 4.74. The summed E-state index contributed by atoms with van der Waals surface area (Å²) in [6, 6.07) is 12.6. The van der Waals surface area contributed by atoms with E-state index in [9.17, 15) is 9.59 Å². The number of nitrogens with zero attached hydrogens (tertiary/aromatic N) is 2. The molecule has 0 saturated carbocycles. The number of ketones is 1. The lowest BCUT2D eigenvalue weighted by Crippen LogP contribution is -2.56. The first-order valence-electron chi connectivity index (χ1n) is 7.27. The van der Waals surface area contributed by atoms with Crippen LogP contribution in [0.15, 0.2) is 48.7 Å². The Kier molecular flexibility index (Phi) is 2.84. The molecule has 1 aromatic heterocycles. The van der Waals surface area contributed by atoms with Gasteiger partial charge in [0.25, 0.3) is 5.91 Å². The van der Waals surface area contributed by atoms with E-state index in [1.165, 1.54) is 4.90 Å². The fraction of sp³-hybridized carbons (Fsp3) is 0.235. The number of pyridine rings is 1. The molecule has 0 radical (unpaired) electrons. The fourth-order valence-corrected chi connectivity index (χ4v) is 3.15. The Labute approximate surface area is 127 Å². The zero-order valence-corrected chi connectivity index (χ0v) is 11.9. The molecule has 5 heteroatoms. The van der Waals surface area contributed by atoms with Crippen LogP contribution < -0.4 is 4.90 Å². The molecule has 1 fully saturated rings. The third kappa shape index (κ3) is 1.66. The SMILES string of the molecule is O=C1c2cccnc2N(c2ccccc2)C(=O)C12CCCO2. The van der Waals surface area contributed by atoms with E-state index in [0.717, 1.165) is 0 Å². The van der Waals surface area contributed by atoms with Gasteiger partial charge in [0.1, 0.15) is 0 Å². The Hall–Kier alpha value is -2.53. The van der Waals surface area contributed by atoms with Crippen molar-refractivity contribution < 1.29 is 14.3 Å². The van der Waals surface area contributed by atoms with Crippen molar-refractivity contribution in [2.75, 3.05) is 11.5 Å². The molecule has 1 amide bonds. The second-order valence-corrected chi connectivity index (χ2v) is 5.46. The first-order chi connectivity index (χ1) is 10.7. The van der Waals surface area contributed by atoms with Gasteiger partial charge >= 0.3 is 0 Å². The summed E-state index contributed by atoms with van der Waals surface area (Å²) in [7, 11) is 0. The third-order valence-electron chi connectivity index (χ3n) is 4.19. The van der Waals surface area contributed by atoms with Crippen molar-refractivity contribution in [2.45, 2.75) is 18.4 Å². The maximum absolute atomic E-state index is 13.1. The van der Waals surface area contributed by atoms with Crippen molar-refractivity contribution in [3.8, 4) is 0 Å². The molecule has 4 rings (SSSR count). The zero-order chi connectivity index (χ0) is 15.2. The largest absolute Gasteiger partial charge is 0.357 e. The van der Waals surface area contributed by atoms with Gasteiger partial charge in [-0.15, -0.1) is 0 Å². The number of benzene rings is 1. The Morgan fingerprint density at radius 1 is 1.09 bits per heavy atom. The molecule has 1 saturated heterocycles. The van der Waals surface area contributed by atoms with Crippen LogP contribution in [-0.4, -0.2) is 28.9 Å². The van der Waals surface area contributed by atoms with E-state index in [1.54, 1.807) is 18.3 Å². The van der Waals surface area contributed by atoms with Gasteiger partial charge in [0.2, 0.25) is 11.4 Å². The molecule has 1 unspecified atom stereocenters. The third-order valence-corrected chi connectivity index (χ3v) is 4.19. The highest BCUT2D eigenvalue weighted by atomic mass is 16.5. The van der Waals surface area contributed by atoms with E-state index in [0.29, 0.717) is 36.5 Å². The number of amides is 1. The molecule has 1 aromatic carbocycles. The molecule has 2 aromatic rings. The summed E-state index contributed by atoms with van der Waals surface area (Å²) in [5.41, 5.74) is -0.256. The Morgan fingerprint density at radius 2 is 1.91 bits per heavy atom. The van der Waals surface area contributed by atoms with Crippen LogP contribution in [0.1, 0.15) is 23.2 Å². The number of para-hydroxylation sites is 1. The van der Waals surface area contributed by atoms with Crippen LogP contribution in [0.2, 0.25) is 0 Å². The molecule has 22 heavy (non-hydrogen) atoms. The normalized spacial score (nSPS) is 23.9. The molecule has 2 aliphatic heterocycles. The molecule has 0 N–H and O–H groups in total. The number of Topliss-reactive ketones (excluding diaryl/α,β-unsaturated/α-hetero) is 1. The van der Waals surface area contributed by atoms with E-state index in [1.807, 2.05) is 30.3 Å². The quantitative estimate of drug-likeness (QED) is 0.758. The van der Waals surface area contributed by atoms with Crippen LogP contribution in [0.25, 0.3) is 0 Å². The summed E-state index contributed by atoms with van der Waals surface area (Å²) in [4.78, 5) is 31.6. The number of rotatable bonds is 1. The minimum atomic E-state index is -1.38. The van der Waals surface area contributed by atoms with E-state index < -0.39 is 5.60 Å². The maximum Gasteiger partial charge on any atom is 0.273 e. The smallest absolute Gasteiger partial charge is 0.273 e. The van der Waals surface area contributed by atoms with Crippen molar-refractivity contribution in [3.05, 3.63) is 54.2 Å². The van der Waals surface area contributed by atoms with E-state index in [-0.39, 0.29) is 11.7 Å². The van der Waals surface area contributed by atoms with Crippen LogP contribution >= 0.6 is 0 Å². The van der Waals surface area contributed by atoms with E-state index >= 15 is 0 Å². The highest BCUT2D eigenvalue weighted by molar-refractivity contribution is 6.28. The summed E-state index contributed by atoms with van der Waals surface area (Å²) in [6.07, 6.45) is 2.71. The van der Waals surface area contributed by atoms with Crippen molar-refractivity contribution in [1.29, 1.82) is 0 Å². The topological polar surface area (TPSA) is 59.5 Å². The number of carbonyl (C=O) groups is 2. The van der Waals surface area contributed by atoms with Crippen LogP contribution in [-0.2, 0) is 9.53 Å². The fourth-order valence-electron chi connectivity index (χ4n) is 3.15. The monoisotopic (exact) mass is 294 g/mol. The van der Waals surface area contributed by atoms with Crippen LogP contribution in [0.4, 0.5) is 11.5 Å². The summed E-state index contributed by atoms with van der Waals surface area (Å²) in [5.74, 6) is -0.234. The Morgan fingerprint density at radius 3 is 2.64 bits per heavy atom. The molecule has 1 spiro atoms. The van der Waals surface area contributed by atoms with Crippen molar-refractivity contribution in [1.82, 2.24) is 4.98 Å². The molecule has 1 atom stereocenters. The van der Waals surface area contributed by atoms with Gasteiger partial charge in [0.15, 0.2) is 5.82 Å². The zero-order valence-electron chi connectivity index (χ0n) is 11.9. The Bertz CT molecular complexity index is 752. The predicted octanol–water partition coefficient (Wildman–Crippen LogP) is 2.49. The average molecular weight is 294 g/mol. The average Bonchev–Trinajstić information content (AvgIpc) is 3.05. The van der Waals surface area contributed by atoms with Gasteiger partial charge in [-0.2, -0.15) is 0 Å². The minimum absolute atomic E-state index is 0.273. The Balaban J connectivity index is 1.95. The first kappa shape index (κ1) is 13.2. The molecule has 5 nitrogen and oxygen atoms in total. The van der Waals surface area contributed by atoms with Crippen LogP contribution in [0, 0.1) is 0 Å². The van der Waals surface area contributed by atoms with Gasteiger partial charge in [0.05, 0.1) is 11.3 Å². The molecular weight excluding hydrogens is 280 g/mol. The molecule has 3 heterocycles. The molecule has 110 valence electrons. The highest BCUT2D eigenvalue weighted by Gasteiger charge is 2.56. The standard InChI is InChI=1S/C17H14N2O3/c20-14-13-8-4-10-18-15(13)19(12-6-2-1-3-7-12)16(21)17(14)9-5-11-22-17/h1-4,6-8,10H,5,9,11H2. The summed E-state index contributed by atoms with van der Waals surface area (Å²) in [6.45, 7) is 0.426. The predicted molar refractivity (Wildman–Crippen MR) is 80.1 cm³/mol. The maximum atomic E-state index is 13.1. The van der Waals surface area contributed by atoms with Gasteiger partial charge in [0, 0.05) is 12.8 Å². The number of hydrogen-bond acceptors (Lipinski definition) is 4. The molecular formula is C17H14N2O3. The number of ether oxygens (including phenoxy) is 1. The highest BCUT2D eigenvalue weighted by Crippen LogP contribution is 2.42. The first-order valence-corrected chi connectivity index (χ1v) is 7.27. The summed E-state index contributed by atoms with van der Waals surface area (Å²) < 4.78 is 5.65. The van der Waals surface area contributed by atoms with Crippen LogP contribution in [0.5, 0.6) is 0 Å². The lowest BCUT2D eigenvalue weighted by atomic mass is 9.85. The number of aromatic nitrogens is 1. The molecule has 0 bridgehead atoms. The number of hydrogen-bond donors (Lipinski definition) is 0. The number of fused-ring (bicyclic) bond motifs is 1. The van der Waals surface area contributed by atoms with E-state index in [4.69, 9.17) is 4.74 Å². The van der Waals surface area contributed by atoms with Gasteiger partial charge in [-0.3, -0.25) is 14.5 Å². The van der Waals surface area contributed by atoms with Crippen LogP contribution in [0.3, 0.4) is 0 Å². The lowest BCUT2D eigenvalue weighted by molar-refractivity contribution is -0.133.